The van der Waals surface area contributed by atoms with E-state index in [1.54, 1.807) is 0 Å². The molecule has 1 heterocycles. The summed E-state index contributed by atoms with van der Waals surface area (Å²) in [5.74, 6) is 0. The molecule has 0 unspecified atom stereocenters. The van der Waals surface area contributed by atoms with Gasteiger partial charge in [0.15, 0.2) is 0 Å². The van der Waals surface area contributed by atoms with Crippen LogP contribution in [-0.4, -0.2) is 13.1 Å². The highest BCUT2D eigenvalue weighted by molar-refractivity contribution is 5.18. The lowest BCUT2D eigenvalue weighted by atomic mass is 10.2. The summed E-state index contributed by atoms with van der Waals surface area (Å²) < 4.78 is 0. The van der Waals surface area contributed by atoms with Crippen LogP contribution >= 0.6 is 0 Å². The summed E-state index contributed by atoms with van der Waals surface area (Å²) in [6.07, 6.45) is 2.90. The van der Waals surface area contributed by atoms with Gasteiger partial charge in [0.05, 0.1) is 6.17 Å². The highest BCUT2D eigenvalue weighted by atomic mass is 15.1. The lowest BCUT2D eigenvalue weighted by Gasteiger charge is -2.17. The van der Waals surface area contributed by atoms with E-state index in [0.29, 0.717) is 6.17 Å². The van der Waals surface area contributed by atoms with Crippen LogP contribution in [0.3, 0.4) is 0 Å². The zero-order valence-corrected chi connectivity index (χ0v) is 7.79. The minimum Gasteiger partial charge on any atom is -0.298 e. The van der Waals surface area contributed by atoms with Crippen molar-refractivity contribution >= 4 is 0 Å². The van der Waals surface area contributed by atoms with Crippen LogP contribution in [0.4, 0.5) is 0 Å². The minimum absolute atomic E-state index is 0.351. The molecule has 0 aliphatic carbocycles. The van der Waals surface area contributed by atoms with Gasteiger partial charge in [0, 0.05) is 0 Å². The van der Waals surface area contributed by atoms with Crippen molar-refractivity contribution in [2.24, 2.45) is 0 Å². The van der Waals surface area contributed by atoms with Crippen molar-refractivity contribution < 1.29 is 0 Å². The average Bonchev–Trinajstić information content (AvgIpc) is 2.47. The molecule has 2 heteroatoms. The van der Waals surface area contributed by atoms with Crippen LogP contribution in [0.25, 0.3) is 0 Å². The normalized spacial score (nSPS) is 19.7. The molecule has 0 amide bonds. The van der Waals surface area contributed by atoms with E-state index in [9.17, 15) is 0 Å². The Morgan fingerprint density at radius 1 is 0.923 bits per heavy atom. The third kappa shape index (κ3) is 2.29. The van der Waals surface area contributed by atoms with Crippen molar-refractivity contribution in [3.63, 3.8) is 0 Å². The van der Waals surface area contributed by atoms with Gasteiger partial charge in [0.2, 0.25) is 0 Å². The fourth-order valence-corrected chi connectivity index (χ4v) is 1.70. The molecule has 1 fully saturated rings. The molecule has 1 aliphatic heterocycles. The van der Waals surface area contributed by atoms with Gasteiger partial charge in [-0.05, 0) is 31.5 Å². The van der Waals surface area contributed by atoms with Gasteiger partial charge in [0.1, 0.15) is 0 Å². The smallest absolute Gasteiger partial charge is 0.0835 e. The molecule has 0 spiro atoms. The van der Waals surface area contributed by atoms with Crippen LogP contribution in [0.1, 0.15) is 24.6 Å². The van der Waals surface area contributed by atoms with Gasteiger partial charge in [-0.15, -0.1) is 0 Å². The molecule has 70 valence electrons. The van der Waals surface area contributed by atoms with Crippen LogP contribution in [0.2, 0.25) is 0 Å². The lowest BCUT2D eigenvalue weighted by Crippen LogP contribution is -2.32. The standard InChI is InChI=1S/C11H16N2/c1-2-6-10(7-3-1)11-12-8-4-5-9-13-11/h1-3,6-7,11-13H,4-5,8-9H2. The third-order valence-corrected chi connectivity index (χ3v) is 2.43. The van der Waals surface area contributed by atoms with E-state index < -0.39 is 0 Å². The number of benzene rings is 1. The van der Waals surface area contributed by atoms with Gasteiger partial charge in [-0.1, -0.05) is 30.3 Å². The molecule has 13 heavy (non-hydrogen) atoms. The van der Waals surface area contributed by atoms with Crippen molar-refractivity contribution in [1.29, 1.82) is 0 Å². The van der Waals surface area contributed by atoms with Crippen molar-refractivity contribution in [3.05, 3.63) is 35.9 Å². The summed E-state index contributed by atoms with van der Waals surface area (Å²) in [5.41, 5.74) is 1.34. The van der Waals surface area contributed by atoms with E-state index in [1.165, 1.54) is 18.4 Å². The third-order valence-electron chi connectivity index (χ3n) is 2.43. The zero-order chi connectivity index (χ0) is 8.93. The minimum atomic E-state index is 0.351. The zero-order valence-electron chi connectivity index (χ0n) is 7.79. The Hall–Kier alpha value is -0.860. The number of nitrogens with one attached hydrogen (secondary N) is 2. The first kappa shape index (κ1) is 8.73. The molecule has 2 nitrogen and oxygen atoms in total. The quantitative estimate of drug-likeness (QED) is 0.680. The maximum absolute atomic E-state index is 3.49. The van der Waals surface area contributed by atoms with Crippen LogP contribution in [0.15, 0.2) is 30.3 Å². The topological polar surface area (TPSA) is 24.1 Å². The Balaban J connectivity index is 2.06. The van der Waals surface area contributed by atoms with E-state index in [2.05, 4.69) is 41.0 Å². The average molecular weight is 176 g/mol. The Morgan fingerprint density at radius 2 is 1.54 bits per heavy atom. The van der Waals surface area contributed by atoms with Crippen molar-refractivity contribution in [1.82, 2.24) is 10.6 Å². The Kier molecular flexibility index (Phi) is 2.95. The van der Waals surface area contributed by atoms with Crippen molar-refractivity contribution in [2.45, 2.75) is 19.0 Å². The van der Waals surface area contributed by atoms with Gasteiger partial charge in [0.25, 0.3) is 0 Å². The molecule has 1 aromatic carbocycles. The molecule has 0 radical (unpaired) electrons. The Labute approximate surface area is 79.4 Å². The molecular weight excluding hydrogens is 160 g/mol. The van der Waals surface area contributed by atoms with Gasteiger partial charge in [-0.3, -0.25) is 10.6 Å². The second-order valence-corrected chi connectivity index (χ2v) is 3.46. The molecule has 1 aromatic rings. The second kappa shape index (κ2) is 4.40. The van der Waals surface area contributed by atoms with Crippen LogP contribution < -0.4 is 10.6 Å². The summed E-state index contributed by atoms with van der Waals surface area (Å²) in [6.45, 7) is 2.24. The first-order valence-electron chi connectivity index (χ1n) is 4.98. The van der Waals surface area contributed by atoms with E-state index >= 15 is 0 Å². The van der Waals surface area contributed by atoms with E-state index in [4.69, 9.17) is 0 Å². The monoisotopic (exact) mass is 176 g/mol. The van der Waals surface area contributed by atoms with Crippen molar-refractivity contribution in [3.8, 4) is 0 Å². The second-order valence-electron chi connectivity index (χ2n) is 3.46. The van der Waals surface area contributed by atoms with Gasteiger partial charge >= 0.3 is 0 Å². The van der Waals surface area contributed by atoms with Gasteiger partial charge < -0.3 is 0 Å². The van der Waals surface area contributed by atoms with E-state index in [-0.39, 0.29) is 0 Å². The van der Waals surface area contributed by atoms with E-state index in [1.807, 2.05) is 0 Å². The molecule has 0 saturated carbocycles. The number of hydrogen-bond acceptors (Lipinski definition) is 2. The molecule has 2 rings (SSSR count). The molecule has 0 bridgehead atoms. The fourth-order valence-electron chi connectivity index (χ4n) is 1.70. The van der Waals surface area contributed by atoms with Gasteiger partial charge in [-0.2, -0.15) is 0 Å². The van der Waals surface area contributed by atoms with E-state index in [0.717, 1.165) is 13.1 Å². The van der Waals surface area contributed by atoms with Crippen LogP contribution in [0, 0.1) is 0 Å². The molecular formula is C11H16N2. The maximum Gasteiger partial charge on any atom is 0.0835 e. The predicted molar refractivity (Wildman–Crippen MR) is 54.4 cm³/mol. The highest BCUT2D eigenvalue weighted by Crippen LogP contribution is 2.11. The largest absolute Gasteiger partial charge is 0.298 e. The summed E-state index contributed by atoms with van der Waals surface area (Å²) in [5, 5.41) is 6.97. The highest BCUT2D eigenvalue weighted by Gasteiger charge is 2.11. The summed E-state index contributed by atoms with van der Waals surface area (Å²) in [6, 6.07) is 10.6. The molecule has 2 N–H and O–H groups in total. The Bertz CT molecular complexity index is 238. The fraction of sp³-hybridized carbons (Fsp3) is 0.455. The molecule has 0 atom stereocenters. The number of hydrogen-bond donors (Lipinski definition) is 2. The number of rotatable bonds is 1. The summed E-state index contributed by atoms with van der Waals surface area (Å²) >= 11 is 0. The molecule has 1 aliphatic rings. The molecule has 1 saturated heterocycles. The van der Waals surface area contributed by atoms with Crippen LogP contribution in [0.5, 0.6) is 0 Å². The maximum atomic E-state index is 3.49. The summed E-state index contributed by atoms with van der Waals surface area (Å²) in [7, 11) is 0. The SMILES string of the molecule is c1ccc(C2NCCCCN2)cc1. The Morgan fingerprint density at radius 3 is 2.15 bits per heavy atom. The van der Waals surface area contributed by atoms with Crippen molar-refractivity contribution in [2.75, 3.05) is 13.1 Å². The predicted octanol–water partition coefficient (Wildman–Crippen LogP) is 1.66. The summed E-state index contributed by atoms with van der Waals surface area (Å²) in [4.78, 5) is 0. The molecule has 0 aromatic heterocycles. The van der Waals surface area contributed by atoms with Crippen LogP contribution in [-0.2, 0) is 0 Å². The lowest BCUT2D eigenvalue weighted by molar-refractivity contribution is 0.483. The van der Waals surface area contributed by atoms with Gasteiger partial charge in [-0.25, -0.2) is 0 Å². The first-order chi connectivity index (χ1) is 6.47. The first-order valence-corrected chi connectivity index (χ1v) is 4.98.